The minimum atomic E-state index is -0.693. The highest BCUT2D eigenvalue weighted by Gasteiger charge is 2.33. The second kappa shape index (κ2) is 4.77. The number of thiophene rings is 1. The molecular formula is C9H12ClNO2S. The van der Waals surface area contributed by atoms with Gasteiger partial charge < -0.3 is 10.4 Å². The summed E-state index contributed by atoms with van der Waals surface area (Å²) in [5.41, 5.74) is 1.16. The van der Waals surface area contributed by atoms with E-state index < -0.39 is 5.97 Å². The first-order valence-electron chi connectivity index (χ1n) is 4.24. The van der Waals surface area contributed by atoms with Crippen molar-refractivity contribution in [3.63, 3.8) is 0 Å². The number of hydrogen-bond donors (Lipinski definition) is 2. The smallest absolute Gasteiger partial charge is 0.308 e. The molecule has 0 aliphatic carbocycles. The minimum absolute atomic E-state index is 0. The summed E-state index contributed by atoms with van der Waals surface area (Å²) in [5.74, 6) is -0.792. The van der Waals surface area contributed by atoms with Gasteiger partial charge in [-0.2, -0.15) is 11.3 Å². The lowest BCUT2D eigenvalue weighted by Gasteiger charge is -2.12. The Morgan fingerprint density at radius 2 is 2.36 bits per heavy atom. The van der Waals surface area contributed by atoms with Gasteiger partial charge in [0, 0.05) is 19.0 Å². The molecule has 78 valence electrons. The molecule has 0 unspecified atom stereocenters. The van der Waals surface area contributed by atoms with Crippen molar-refractivity contribution in [3.05, 3.63) is 22.4 Å². The van der Waals surface area contributed by atoms with Gasteiger partial charge in [-0.3, -0.25) is 4.79 Å². The lowest BCUT2D eigenvalue weighted by molar-refractivity contribution is -0.141. The molecule has 0 aromatic carbocycles. The second-order valence-corrected chi connectivity index (χ2v) is 4.05. The fourth-order valence-corrected chi connectivity index (χ4v) is 2.50. The molecule has 0 amide bonds. The summed E-state index contributed by atoms with van der Waals surface area (Å²) in [6, 6.07) is 2.01. The van der Waals surface area contributed by atoms with Gasteiger partial charge >= 0.3 is 5.97 Å². The second-order valence-electron chi connectivity index (χ2n) is 3.27. The summed E-state index contributed by atoms with van der Waals surface area (Å²) < 4.78 is 0. The number of nitrogens with one attached hydrogen (secondary N) is 1. The number of rotatable bonds is 2. The molecule has 0 bridgehead atoms. The lowest BCUT2D eigenvalue weighted by Crippen LogP contribution is -2.20. The van der Waals surface area contributed by atoms with Crippen LogP contribution < -0.4 is 5.32 Å². The molecule has 2 N–H and O–H groups in total. The summed E-state index contributed by atoms with van der Waals surface area (Å²) in [6.45, 7) is 1.38. The Hall–Kier alpha value is -0.580. The van der Waals surface area contributed by atoms with Crippen LogP contribution in [0.15, 0.2) is 16.8 Å². The van der Waals surface area contributed by atoms with E-state index in [1.807, 2.05) is 16.8 Å². The Labute approximate surface area is 92.5 Å². The lowest BCUT2D eigenvalue weighted by atomic mass is 9.91. The van der Waals surface area contributed by atoms with E-state index in [0.29, 0.717) is 6.54 Å². The first-order valence-corrected chi connectivity index (χ1v) is 5.19. The molecule has 1 aliphatic heterocycles. The van der Waals surface area contributed by atoms with Crippen molar-refractivity contribution in [2.75, 3.05) is 13.1 Å². The van der Waals surface area contributed by atoms with E-state index in [1.165, 1.54) is 0 Å². The molecule has 2 atom stereocenters. The van der Waals surface area contributed by atoms with Gasteiger partial charge in [0.05, 0.1) is 5.92 Å². The van der Waals surface area contributed by atoms with Crippen molar-refractivity contribution in [3.8, 4) is 0 Å². The van der Waals surface area contributed by atoms with Gasteiger partial charge in [0.1, 0.15) is 0 Å². The Kier molecular flexibility index (Phi) is 3.92. The van der Waals surface area contributed by atoms with Crippen molar-refractivity contribution in [1.29, 1.82) is 0 Å². The molecule has 1 fully saturated rings. The van der Waals surface area contributed by atoms with Crippen LogP contribution in [0.2, 0.25) is 0 Å². The van der Waals surface area contributed by atoms with Gasteiger partial charge in [0.25, 0.3) is 0 Å². The van der Waals surface area contributed by atoms with Crippen LogP contribution >= 0.6 is 23.7 Å². The van der Waals surface area contributed by atoms with Crippen LogP contribution in [0, 0.1) is 5.92 Å². The monoisotopic (exact) mass is 233 g/mol. The van der Waals surface area contributed by atoms with Gasteiger partial charge in [0.15, 0.2) is 0 Å². The molecule has 0 radical (unpaired) electrons. The standard InChI is InChI=1S/C9H11NO2S.ClH/c11-9(12)8-4-10-3-7(8)6-1-2-13-5-6;/h1-2,5,7-8,10H,3-4H2,(H,11,12);1H/t7-,8+;/m0./s1. The number of aliphatic carboxylic acids is 1. The van der Waals surface area contributed by atoms with E-state index in [1.54, 1.807) is 11.3 Å². The van der Waals surface area contributed by atoms with Gasteiger partial charge in [-0.15, -0.1) is 12.4 Å². The van der Waals surface area contributed by atoms with Crippen LogP contribution in [0.5, 0.6) is 0 Å². The summed E-state index contributed by atoms with van der Waals surface area (Å²) in [5, 5.41) is 16.1. The van der Waals surface area contributed by atoms with Gasteiger partial charge in [-0.1, -0.05) is 0 Å². The zero-order chi connectivity index (χ0) is 9.26. The summed E-state index contributed by atoms with van der Waals surface area (Å²) in [4.78, 5) is 10.9. The third-order valence-corrected chi connectivity index (χ3v) is 3.20. The Morgan fingerprint density at radius 1 is 1.57 bits per heavy atom. The number of carboxylic acids is 1. The van der Waals surface area contributed by atoms with Crippen LogP contribution in [0.4, 0.5) is 0 Å². The maximum Gasteiger partial charge on any atom is 0.308 e. The van der Waals surface area contributed by atoms with Gasteiger partial charge in [-0.05, 0) is 22.4 Å². The van der Waals surface area contributed by atoms with E-state index in [0.717, 1.165) is 12.1 Å². The highest BCUT2D eigenvalue weighted by molar-refractivity contribution is 7.08. The minimum Gasteiger partial charge on any atom is -0.481 e. The first-order chi connectivity index (χ1) is 6.29. The summed E-state index contributed by atoms with van der Waals surface area (Å²) in [6.07, 6.45) is 0. The summed E-state index contributed by atoms with van der Waals surface area (Å²) >= 11 is 1.62. The fourth-order valence-electron chi connectivity index (χ4n) is 1.77. The molecule has 2 rings (SSSR count). The van der Waals surface area contributed by atoms with E-state index in [9.17, 15) is 4.79 Å². The molecule has 1 aromatic heterocycles. The zero-order valence-corrected chi connectivity index (χ0v) is 9.11. The van der Waals surface area contributed by atoms with Crippen molar-refractivity contribution >= 4 is 29.7 Å². The number of halogens is 1. The largest absolute Gasteiger partial charge is 0.481 e. The van der Waals surface area contributed by atoms with Crippen molar-refractivity contribution in [1.82, 2.24) is 5.32 Å². The topological polar surface area (TPSA) is 49.3 Å². The molecule has 1 aromatic rings. The maximum absolute atomic E-state index is 10.9. The van der Waals surface area contributed by atoms with Crippen LogP contribution in [0.3, 0.4) is 0 Å². The number of hydrogen-bond acceptors (Lipinski definition) is 3. The van der Waals surface area contributed by atoms with E-state index in [4.69, 9.17) is 5.11 Å². The predicted molar refractivity (Wildman–Crippen MR) is 58.3 cm³/mol. The van der Waals surface area contributed by atoms with Crippen LogP contribution in [0.25, 0.3) is 0 Å². The third kappa shape index (κ3) is 2.08. The average molecular weight is 234 g/mol. The van der Waals surface area contributed by atoms with Crippen LogP contribution in [-0.2, 0) is 4.79 Å². The quantitative estimate of drug-likeness (QED) is 0.815. The molecule has 0 saturated carbocycles. The molecule has 14 heavy (non-hydrogen) atoms. The number of carbonyl (C=O) groups is 1. The normalized spacial score (nSPS) is 25.7. The predicted octanol–water partition coefficient (Wildman–Crippen LogP) is 1.56. The van der Waals surface area contributed by atoms with Crippen molar-refractivity contribution in [2.24, 2.45) is 5.92 Å². The maximum atomic E-state index is 10.9. The van der Waals surface area contributed by atoms with E-state index in [2.05, 4.69) is 5.32 Å². The van der Waals surface area contributed by atoms with Crippen molar-refractivity contribution < 1.29 is 9.90 Å². The van der Waals surface area contributed by atoms with E-state index in [-0.39, 0.29) is 24.2 Å². The highest BCUT2D eigenvalue weighted by Crippen LogP contribution is 2.29. The Balaban J connectivity index is 0.000000980. The van der Waals surface area contributed by atoms with E-state index >= 15 is 0 Å². The van der Waals surface area contributed by atoms with Crippen LogP contribution in [0.1, 0.15) is 11.5 Å². The molecule has 2 heterocycles. The molecular weight excluding hydrogens is 222 g/mol. The molecule has 0 spiro atoms. The molecule has 1 saturated heterocycles. The zero-order valence-electron chi connectivity index (χ0n) is 7.47. The fraction of sp³-hybridized carbons (Fsp3) is 0.444. The Morgan fingerprint density at radius 3 is 2.93 bits per heavy atom. The van der Waals surface area contributed by atoms with Gasteiger partial charge in [0.2, 0.25) is 0 Å². The summed E-state index contributed by atoms with van der Waals surface area (Å²) in [7, 11) is 0. The molecule has 5 heteroatoms. The SMILES string of the molecule is Cl.O=C(O)[C@@H]1CNC[C@H]1c1ccsc1. The van der Waals surface area contributed by atoms with Crippen LogP contribution in [-0.4, -0.2) is 24.2 Å². The first kappa shape index (κ1) is 11.5. The average Bonchev–Trinajstić information content (AvgIpc) is 2.74. The Bertz CT molecular complexity index is 302. The van der Waals surface area contributed by atoms with Gasteiger partial charge in [-0.25, -0.2) is 0 Å². The molecule has 1 aliphatic rings. The van der Waals surface area contributed by atoms with Crippen molar-refractivity contribution in [2.45, 2.75) is 5.92 Å². The third-order valence-electron chi connectivity index (χ3n) is 2.50. The highest BCUT2D eigenvalue weighted by atomic mass is 35.5. The number of carboxylic acid groups (broad SMARTS) is 1. The molecule has 3 nitrogen and oxygen atoms in total.